The van der Waals surface area contributed by atoms with E-state index in [1.807, 2.05) is 50.1 Å². The third-order valence-corrected chi connectivity index (χ3v) is 6.73. The van der Waals surface area contributed by atoms with Crippen LogP contribution in [0.4, 0.5) is 0 Å². The maximum absolute atomic E-state index is 13.0. The van der Waals surface area contributed by atoms with Crippen molar-refractivity contribution in [1.82, 2.24) is 24.6 Å². The molecule has 3 aromatic heterocycles. The van der Waals surface area contributed by atoms with Gasteiger partial charge in [-0.2, -0.15) is 0 Å². The number of pyridine rings is 1. The fourth-order valence-electron chi connectivity index (χ4n) is 4.22. The van der Waals surface area contributed by atoms with E-state index in [0.717, 1.165) is 56.9 Å². The molecule has 0 bridgehead atoms. The molecule has 8 heteroatoms. The van der Waals surface area contributed by atoms with Gasteiger partial charge in [0.25, 0.3) is 5.91 Å². The molecule has 1 aliphatic rings. The molecule has 1 aromatic carbocycles. The highest BCUT2D eigenvalue weighted by atomic mass is 32.1. The van der Waals surface area contributed by atoms with Crippen LogP contribution in [-0.2, 0) is 11.8 Å². The quantitative estimate of drug-likeness (QED) is 0.499. The molecule has 1 aliphatic heterocycles. The Labute approximate surface area is 178 Å². The van der Waals surface area contributed by atoms with Crippen LogP contribution < -0.4 is 4.74 Å². The number of fused-ring (bicyclic) bond motifs is 2. The number of para-hydroxylation sites is 1. The van der Waals surface area contributed by atoms with E-state index >= 15 is 0 Å². The van der Waals surface area contributed by atoms with Crippen molar-refractivity contribution in [2.75, 3.05) is 13.2 Å². The Bertz CT molecular complexity index is 1230. The number of likely N-dealkylation sites (tertiary alicyclic amines) is 1. The van der Waals surface area contributed by atoms with Gasteiger partial charge in [0.05, 0.1) is 21.6 Å². The van der Waals surface area contributed by atoms with E-state index in [0.29, 0.717) is 5.88 Å². The first-order valence-electron chi connectivity index (χ1n) is 10.1. The molecule has 1 fully saturated rings. The Morgan fingerprint density at radius 1 is 1.27 bits per heavy atom. The molecule has 5 rings (SSSR count). The third kappa shape index (κ3) is 3.21. The van der Waals surface area contributed by atoms with Crippen molar-refractivity contribution in [3.05, 3.63) is 46.6 Å². The fraction of sp³-hybridized carbons (Fsp3) is 0.364. The zero-order chi connectivity index (χ0) is 20.8. The first-order valence-corrected chi connectivity index (χ1v) is 10.9. The van der Waals surface area contributed by atoms with Crippen LogP contribution in [-0.4, -0.2) is 43.7 Å². The molecule has 0 radical (unpaired) electrons. The van der Waals surface area contributed by atoms with Gasteiger partial charge in [0.2, 0.25) is 5.88 Å². The van der Waals surface area contributed by atoms with E-state index in [4.69, 9.17) is 9.72 Å². The number of rotatable bonds is 4. The lowest BCUT2D eigenvalue weighted by atomic mass is 10.2. The van der Waals surface area contributed by atoms with Crippen molar-refractivity contribution < 1.29 is 9.53 Å². The van der Waals surface area contributed by atoms with Gasteiger partial charge >= 0.3 is 0 Å². The smallest absolute Gasteiger partial charge is 0.261 e. The van der Waals surface area contributed by atoms with Gasteiger partial charge < -0.3 is 9.64 Å². The van der Waals surface area contributed by atoms with Crippen LogP contribution in [0.1, 0.15) is 35.1 Å². The largest absolute Gasteiger partial charge is 0.466 e. The van der Waals surface area contributed by atoms with Gasteiger partial charge in [-0.1, -0.05) is 12.1 Å². The number of hydrogen-bond donors (Lipinski definition) is 0. The van der Waals surface area contributed by atoms with Crippen molar-refractivity contribution in [3.63, 3.8) is 0 Å². The average Bonchev–Trinajstić information content (AvgIpc) is 3.43. The van der Waals surface area contributed by atoms with Crippen LogP contribution in [0.2, 0.25) is 0 Å². The second-order valence-electron chi connectivity index (χ2n) is 7.76. The maximum atomic E-state index is 13.0. The molecule has 4 heterocycles. The Hall–Kier alpha value is -3.00. The highest BCUT2D eigenvalue weighted by Crippen LogP contribution is 2.36. The Balaban J connectivity index is 1.36. The summed E-state index contributed by atoms with van der Waals surface area (Å²) in [5.41, 5.74) is 3.73. The Morgan fingerprint density at radius 3 is 2.93 bits per heavy atom. The normalized spacial score (nSPS) is 16.6. The monoisotopic (exact) mass is 421 g/mol. The molecular formula is C22H23N5O2S. The van der Waals surface area contributed by atoms with E-state index in [1.165, 1.54) is 0 Å². The number of aryl methyl sites for hydroxylation is 3. The van der Waals surface area contributed by atoms with Crippen molar-refractivity contribution in [2.24, 2.45) is 7.05 Å². The number of nitrogens with zero attached hydrogens (tertiary/aromatic N) is 5. The number of ether oxygens (including phenoxy) is 1. The summed E-state index contributed by atoms with van der Waals surface area (Å²) in [5.74, 6) is 0.426. The first-order chi connectivity index (χ1) is 14.5. The molecule has 1 unspecified atom stereocenters. The topological polar surface area (TPSA) is 73.1 Å². The van der Waals surface area contributed by atoms with Gasteiger partial charge in [-0.05, 0) is 50.5 Å². The van der Waals surface area contributed by atoms with Crippen molar-refractivity contribution in [3.8, 4) is 5.88 Å². The van der Waals surface area contributed by atoms with E-state index in [-0.39, 0.29) is 18.6 Å². The molecule has 154 valence electrons. The minimum absolute atomic E-state index is 0.0185. The summed E-state index contributed by atoms with van der Waals surface area (Å²) in [6.07, 6.45) is 1.90. The maximum Gasteiger partial charge on any atom is 0.261 e. The molecule has 1 atom stereocenters. The van der Waals surface area contributed by atoms with E-state index in [2.05, 4.69) is 16.1 Å². The highest BCUT2D eigenvalue weighted by molar-refractivity contribution is 7.18. The summed E-state index contributed by atoms with van der Waals surface area (Å²) < 4.78 is 8.76. The first kappa shape index (κ1) is 19.0. The SMILES string of the molecule is Cc1cc(C)c2c(OCC(=O)N3CCCC3c3nc4ccccc4s3)nn(C)c2n1. The zero-order valence-corrected chi connectivity index (χ0v) is 18.1. The molecule has 7 nitrogen and oxygen atoms in total. The Kier molecular flexibility index (Phi) is 4.66. The number of hydrogen-bond acceptors (Lipinski definition) is 6. The van der Waals surface area contributed by atoms with Crippen LogP contribution in [0.15, 0.2) is 30.3 Å². The summed E-state index contributed by atoms with van der Waals surface area (Å²) in [4.78, 5) is 24.2. The number of carbonyl (C=O) groups excluding carboxylic acids is 1. The lowest BCUT2D eigenvalue weighted by molar-refractivity contribution is -0.134. The number of aromatic nitrogens is 4. The average molecular weight is 422 g/mol. The molecule has 0 spiro atoms. The van der Waals surface area contributed by atoms with Crippen molar-refractivity contribution in [2.45, 2.75) is 32.7 Å². The number of amides is 1. The second-order valence-corrected chi connectivity index (χ2v) is 8.82. The standard InChI is InChI=1S/C22H23N5O2S/c1-13-11-14(2)23-20-19(13)21(25-26(20)3)29-12-18(28)27-10-6-8-16(27)22-24-15-7-4-5-9-17(15)30-22/h4-5,7,9,11,16H,6,8,10,12H2,1-3H3. The van der Waals surface area contributed by atoms with Crippen LogP contribution in [0.5, 0.6) is 5.88 Å². The van der Waals surface area contributed by atoms with Gasteiger partial charge in [0.15, 0.2) is 12.3 Å². The second kappa shape index (κ2) is 7.36. The molecule has 1 amide bonds. The summed E-state index contributed by atoms with van der Waals surface area (Å²) in [6, 6.07) is 10.1. The molecule has 4 aromatic rings. The summed E-state index contributed by atoms with van der Waals surface area (Å²) in [7, 11) is 1.84. The molecule has 0 saturated carbocycles. The van der Waals surface area contributed by atoms with Gasteiger partial charge in [-0.15, -0.1) is 16.4 Å². The van der Waals surface area contributed by atoms with E-state index in [9.17, 15) is 4.79 Å². The fourth-order valence-corrected chi connectivity index (χ4v) is 5.33. The minimum Gasteiger partial charge on any atom is -0.466 e. The zero-order valence-electron chi connectivity index (χ0n) is 17.3. The van der Waals surface area contributed by atoms with Gasteiger partial charge in [0, 0.05) is 19.3 Å². The highest BCUT2D eigenvalue weighted by Gasteiger charge is 2.32. The van der Waals surface area contributed by atoms with Crippen LogP contribution in [0.25, 0.3) is 21.3 Å². The summed E-state index contributed by atoms with van der Waals surface area (Å²) in [6.45, 7) is 4.66. The molecule has 1 saturated heterocycles. The molecule has 0 N–H and O–H groups in total. The van der Waals surface area contributed by atoms with Gasteiger partial charge in [0.1, 0.15) is 5.01 Å². The number of benzene rings is 1. The molecular weight excluding hydrogens is 398 g/mol. The van der Waals surface area contributed by atoms with E-state index < -0.39 is 0 Å². The van der Waals surface area contributed by atoms with Crippen LogP contribution in [0, 0.1) is 13.8 Å². The van der Waals surface area contributed by atoms with E-state index in [1.54, 1.807) is 16.0 Å². The minimum atomic E-state index is -0.0408. The van der Waals surface area contributed by atoms with Gasteiger partial charge in [-0.25, -0.2) is 14.6 Å². The molecule has 30 heavy (non-hydrogen) atoms. The van der Waals surface area contributed by atoms with Crippen LogP contribution in [0.3, 0.4) is 0 Å². The lowest BCUT2D eigenvalue weighted by Gasteiger charge is -2.22. The summed E-state index contributed by atoms with van der Waals surface area (Å²) >= 11 is 1.67. The molecule has 0 aliphatic carbocycles. The van der Waals surface area contributed by atoms with Crippen molar-refractivity contribution >= 4 is 38.5 Å². The Morgan fingerprint density at radius 2 is 2.10 bits per heavy atom. The number of carbonyl (C=O) groups is 1. The van der Waals surface area contributed by atoms with Crippen LogP contribution >= 0.6 is 11.3 Å². The number of thiazole rings is 1. The lowest BCUT2D eigenvalue weighted by Crippen LogP contribution is -2.34. The predicted octanol–water partition coefficient (Wildman–Crippen LogP) is 3.94. The predicted molar refractivity (Wildman–Crippen MR) is 117 cm³/mol. The van der Waals surface area contributed by atoms with Gasteiger partial charge in [-0.3, -0.25) is 4.79 Å². The van der Waals surface area contributed by atoms with Crippen molar-refractivity contribution in [1.29, 1.82) is 0 Å². The third-order valence-electron chi connectivity index (χ3n) is 5.59. The summed E-state index contributed by atoms with van der Waals surface area (Å²) in [5, 5.41) is 6.31.